The summed E-state index contributed by atoms with van der Waals surface area (Å²) in [5.74, 6) is 2.37. The fourth-order valence-electron chi connectivity index (χ4n) is 3.86. The van der Waals surface area contributed by atoms with E-state index in [0.717, 1.165) is 63.8 Å². The predicted octanol–water partition coefficient (Wildman–Crippen LogP) is 1.80. The van der Waals surface area contributed by atoms with Gasteiger partial charge in [0, 0.05) is 38.7 Å². The second-order valence-corrected chi connectivity index (χ2v) is 7.60. The van der Waals surface area contributed by atoms with E-state index in [1.165, 1.54) is 12.8 Å². The molecule has 0 N–H and O–H groups in total. The van der Waals surface area contributed by atoms with E-state index in [-0.39, 0.29) is 17.9 Å². The number of amides is 1. The highest BCUT2D eigenvalue weighted by Gasteiger charge is 2.33. The van der Waals surface area contributed by atoms with Crippen LogP contribution >= 0.6 is 0 Å². The molecule has 138 valence electrons. The highest BCUT2D eigenvalue weighted by molar-refractivity contribution is 5.79. The van der Waals surface area contributed by atoms with E-state index in [0.29, 0.717) is 12.5 Å². The molecule has 0 aromatic carbocycles. The summed E-state index contributed by atoms with van der Waals surface area (Å²) >= 11 is 0. The van der Waals surface area contributed by atoms with Crippen LogP contribution in [0.1, 0.15) is 56.7 Å². The average Bonchev–Trinajstić information content (AvgIpc) is 3.40. The topological polar surface area (TPSA) is 71.7 Å². The van der Waals surface area contributed by atoms with Crippen molar-refractivity contribution in [1.29, 1.82) is 0 Å². The molecule has 7 nitrogen and oxygen atoms in total. The Morgan fingerprint density at radius 1 is 1.16 bits per heavy atom. The summed E-state index contributed by atoms with van der Waals surface area (Å²) in [6.07, 6.45) is 5.31. The summed E-state index contributed by atoms with van der Waals surface area (Å²) in [6, 6.07) is 0. The summed E-state index contributed by atoms with van der Waals surface area (Å²) in [5.41, 5.74) is 0. The maximum absolute atomic E-state index is 12.9. The number of ether oxygens (including phenoxy) is 1. The van der Waals surface area contributed by atoms with Gasteiger partial charge >= 0.3 is 0 Å². The highest BCUT2D eigenvalue weighted by Crippen LogP contribution is 2.38. The van der Waals surface area contributed by atoms with Gasteiger partial charge in [-0.15, -0.1) is 0 Å². The normalized spacial score (nSPS) is 28.8. The Kier molecular flexibility index (Phi) is 5.03. The fraction of sp³-hybridized carbons (Fsp3) is 0.833. The lowest BCUT2D eigenvalue weighted by Gasteiger charge is -2.32. The molecule has 3 fully saturated rings. The zero-order valence-corrected chi connectivity index (χ0v) is 15.0. The fourth-order valence-corrected chi connectivity index (χ4v) is 3.86. The summed E-state index contributed by atoms with van der Waals surface area (Å²) in [4.78, 5) is 21.7. The minimum absolute atomic E-state index is 0.0265. The van der Waals surface area contributed by atoms with E-state index in [1.807, 2.05) is 11.8 Å². The molecule has 1 saturated carbocycles. The Hall–Kier alpha value is -1.47. The van der Waals surface area contributed by atoms with Crippen molar-refractivity contribution >= 4 is 5.91 Å². The summed E-state index contributed by atoms with van der Waals surface area (Å²) in [6.45, 7) is 6.95. The Morgan fingerprint density at radius 3 is 2.84 bits per heavy atom. The molecule has 3 heterocycles. The Bertz CT molecular complexity index is 601. The minimum Gasteiger partial charge on any atom is -0.378 e. The number of hydrogen-bond acceptors (Lipinski definition) is 6. The molecule has 0 unspecified atom stereocenters. The van der Waals surface area contributed by atoms with Crippen LogP contribution in [0.2, 0.25) is 0 Å². The molecule has 1 aromatic heterocycles. The average molecular weight is 348 g/mol. The molecule has 7 heteroatoms. The van der Waals surface area contributed by atoms with Gasteiger partial charge in [0.2, 0.25) is 11.8 Å². The van der Waals surface area contributed by atoms with E-state index in [2.05, 4.69) is 15.0 Å². The first-order valence-corrected chi connectivity index (χ1v) is 9.66. The molecule has 2 aliphatic heterocycles. The van der Waals surface area contributed by atoms with Crippen LogP contribution in [-0.2, 0) is 16.1 Å². The predicted molar refractivity (Wildman–Crippen MR) is 90.9 cm³/mol. The van der Waals surface area contributed by atoms with E-state index >= 15 is 0 Å². The lowest BCUT2D eigenvalue weighted by atomic mass is 9.94. The van der Waals surface area contributed by atoms with Crippen LogP contribution in [0.3, 0.4) is 0 Å². The number of hydrogen-bond donors (Lipinski definition) is 0. The number of carbonyl (C=O) groups is 1. The van der Waals surface area contributed by atoms with Crippen LogP contribution in [0.15, 0.2) is 4.52 Å². The van der Waals surface area contributed by atoms with Crippen molar-refractivity contribution in [2.75, 3.05) is 32.8 Å². The number of aromatic nitrogens is 2. The molecule has 1 aliphatic carbocycles. The molecule has 0 spiro atoms. The maximum atomic E-state index is 12.9. The van der Waals surface area contributed by atoms with Crippen LogP contribution in [0.5, 0.6) is 0 Å². The molecule has 2 atom stereocenters. The lowest BCUT2D eigenvalue weighted by Crippen LogP contribution is -2.44. The van der Waals surface area contributed by atoms with Crippen molar-refractivity contribution in [2.24, 2.45) is 5.92 Å². The van der Waals surface area contributed by atoms with Gasteiger partial charge in [-0.05, 0) is 39.0 Å². The second-order valence-electron chi connectivity index (χ2n) is 7.60. The van der Waals surface area contributed by atoms with E-state index in [9.17, 15) is 4.79 Å². The monoisotopic (exact) mass is 348 g/mol. The van der Waals surface area contributed by atoms with Gasteiger partial charge in [-0.2, -0.15) is 4.98 Å². The van der Waals surface area contributed by atoms with Gasteiger partial charge < -0.3 is 14.2 Å². The van der Waals surface area contributed by atoms with Crippen molar-refractivity contribution in [3.8, 4) is 0 Å². The van der Waals surface area contributed by atoms with E-state index < -0.39 is 0 Å². The molecule has 0 radical (unpaired) electrons. The minimum atomic E-state index is 0.0265. The first-order chi connectivity index (χ1) is 12.2. The van der Waals surface area contributed by atoms with Crippen LogP contribution in [0, 0.1) is 5.92 Å². The van der Waals surface area contributed by atoms with Crippen molar-refractivity contribution in [2.45, 2.75) is 57.6 Å². The molecule has 2 saturated heterocycles. The SMILES string of the molecule is C[C@H]1OCCC[C@@H]1C(=O)N1CCCN(Cc2noc(C3CC3)n2)CC1. The Labute approximate surface area is 148 Å². The van der Waals surface area contributed by atoms with Crippen molar-refractivity contribution in [1.82, 2.24) is 19.9 Å². The van der Waals surface area contributed by atoms with Crippen molar-refractivity contribution in [3.05, 3.63) is 11.7 Å². The Morgan fingerprint density at radius 2 is 2.04 bits per heavy atom. The third-order valence-electron chi connectivity index (χ3n) is 5.60. The van der Waals surface area contributed by atoms with Gasteiger partial charge in [-0.1, -0.05) is 5.16 Å². The van der Waals surface area contributed by atoms with Gasteiger partial charge in [0.25, 0.3) is 0 Å². The van der Waals surface area contributed by atoms with Gasteiger partial charge in [-0.25, -0.2) is 0 Å². The molecule has 3 aliphatic rings. The second kappa shape index (κ2) is 7.41. The third-order valence-corrected chi connectivity index (χ3v) is 5.60. The quantitative estimate of drug-likeness (QED) is 0.826. The highest BCUT2D eigenvalue weighted by atomic mass is 16.5. The van der Waals surface area contributed by atoms with E-state index in [1.54, 1.807) is 0 Å². The maximum Gasteiger partial charge on any atom is 0.229 e. The first-order valence-electron chi connectivity index (χ1n) is 9.66. The molecule has 4 rings (SSSR count). The third kappa shape index (κ3) is 4.03. The zero-order valence-electron chi connectivity index (χ0n) is 15.0. The van der Waals surface area contributed by atoms with Crippen molar-refractivity contribution < 1.29 is 14.1 Å². The Balaban J connectivity index is 1.30. The van der Waals surface area contributed by atoms with Crippen LogP contribution in [0.25, 0.3) is 0 Å². The molecule has 1 amide bonds. The number of nitrogens with zero attached hydrogens (tertiary/aromatic N) is 4. The number of rotatable bonds is 4. The van der Waals surface area contributed by atoms with Gasteiger partial charge in [0.15, 0.2) is 5.82 Å². The molecule has 25 heavy (non-hydrogen) atoms. The van der Waals surface area contributed by atoms with Crippen molar-refractivity contribution in [3.63, 3.8) is 0 Å². The summed E-state index contributed by atoms with van der Waals surface area (Å²) in [5, 5.41) is 4.11. The molecule has 0 bridgehead atoms. The molecular weight excluding hydrogens is 320 g/mol. The smallest absolute Gasteiger partial charge is 0.229 e. The molecular formula is C18H28N4O3. The van der Waals surface area contributed by atoms with Crippen LogP contribution < -0.4 is 0 Å². The van der Waals surface area contributed by atoms with Crippen LogP contribution in [0.4, 0.5) is 0 Å². The number of carbonyl (C=O) groups excluding carboxylic acids is 1. The standard InChI is InChI=1S/C18H28N4O3/c1-13-15(4-2-11-24-13)18(23)22-8-3-7-21(9-10-22)12-16-19-17(25-20-16)14-5-6-14/h13-15H,2-12H2,1H3/t13-,15+/m1/s1. The van der Waals surface area contributed by atoms with Crippen LogP contribution in [-0.4, -0.2) is 64.7 Å². The van der Waals surface area contributed by atoms with Gasteiger partial charge in [-0.3, -0.25) is 9.69 Å². The zero-order chi connectivity index (χ0) is 17.2. The van der Waals surface area contributed by atoms with Gasteiger partial charge in [0.1, 0.15) is 0 Å². The summed E-state index contributed by atoms with van der Waals surface area (Å²) in [7, 11) is 0. The van der Waals surface area contributed by atoms with E-state index in [4.69, 9.17) is 9.26 Å². The molecule has 1 aromatic rings. The first kappa shape index (κ1) is 17.0. The lowest BCUT2D eigenvalue weighted by molar-refractivity contribution is -0.143. The largest absolute Gasteiger partial charge is 0.378 e. The summed E-state index contributed by atoms with van der Waals surface area (Å²) < 4.78 is 11.0. The van der Waals surface area contributed by atoms with Gasteiger partial charge in [0.05, 0.1) is 18.6 Å².